The number of rotatable bonds is 5. The Morgan fingerprint density at radius 1 is 1.17 bits per heavy atom. The number of nitrogens with zero attached hydrogens (tertiary/aromatic N) is 4. The topological polar surface area (TPSA) is 124 Å². The molecule has 3 atom stereocenters. The van der Waals surface area contributed by atoms with E-state index in [-0.39, 0.29) is 5.82 Å². The van der Waals surface area contributed by atoms with Crippen LogP contribution in [0.2, 0.25) is 5.02 Å². The van der Waals surface area contributed by atoms with Gasteiger partial charge in [0.25, 0.3) is 0 Å². The van der Waals surface area contributed by atoms with Crippen molar-refractivity contribution in [3.63, 3.8) is 0 Å². The Morgan fingerprint density at radius 2 is 1.88 bits per heavy atom. The molecule has 128 valence electrons. The first kappa shape index (κ1) is 17.3. The SMILES string of the molecule is OC[C@@H](O)[C@@H](O)[C@@H](O)c1nnc2n1N=C(c1ccc(Cl)cc1)CS2. The van der Waals surface area contributed by atoms with E-state index >= 15 is 0 Å². The minimum absolute atomic E-state index is 0.0105. The van der Waals surface area contributed by atoms with Gasteiger partial charge < -0.3 is 20.4 Å². The summed E-state index contributed by atoms with van der Waals surface area (Å²) in [6.45, 7) is -0.687. The number of halogens is 1. The van der Waals surface area contributed by atoms with E-state index in [1.54, 1.807) is 12.1 Å². The quantitative estimate of drug-likeness (QED) is 0.585. The van der Waals surface area contributed by atoms with Crippen molar-refractivity contribution < 1.29 is 20.4 Å². The summed E-state index contributed by atoms with van der Waals surface area (Å²) in [4.78, 5) is 0. The zero-order valence-electron chi connectivity index (χ0n) is 12.3. The lowest BCUT2D eigenvalue weighted by Crippen LogP contribution is -2.36. The minimum Gasteiger partial charge on any atom is -0.394 e. The van der Waals surface area contributed by atoms with Gasteiger partial charge in [-0.3, -0.25) is 0 Å². The van der Waals surface area contributed by atoms with Crippen LogP contribution in [0.25, 0.3) is 0 Å². The molecule has 0 saturated carbocycles. The third-order valence-electron chi connectivity index (χ3n) is 3.54. The number of fused-ring (bicyclic) bond motifs is 1. The van der Waals surface area contributed by atoms with Crippen molar-refractivity contribution in [1.29, 1.82) is 0 Å². The predicted octanol–water partition coefficient (Wildman–Crippen LogP) is 0.0371. The van der Waals surface area contributed by atoms with Crippen molar-refractivity contribution in [1.82, 2.24) is 14.9 Å². The second-order valence-corrected chi connectivity index (χ2v) is 6.56. The van der Waals surface area contributed by atoms with E-state index in [0.717, 1.165) is 11.3 Å². The summed E-state index contributed by atoms with van der Waals surface area (Å²) in [5.74, 6) is 0.557. The number of aliphatic hydroxyl groups is 4. The molecule has 1 aromatic heterocycles. The first-order valence-electron chi connectivity index (χ1n) is 7.08. The molecule has 1 aromatic carbocycles. The Hall–Kier alpha value is -1.49. The highest BCUT2D eigenvalue weighted by atomic mass is 35.5. The Balaban J connectivity index is 1.93. The summed E-state index contributed by atoms with van der Waals surface area (Å²) in [5, 5.41) is 51.7. The van der Waals surface area contributed by atoms with Gasteiger partial charge in [0.15, 0.2) is 5.82 Å². The van der Waals surface area contributed by atoms with Crippen LogP contribution in [-0.2, 0) is 0 Å². The molecule has 24 heavy (non-hydrogen) atoms. The summed E-state index contributed by atoms with van der Waals surface area (Å²) in [6.07, 6.45) is -4.64. The number of hydrogen-bond donors (Lipinski definition) is 4. The van der Waals surface area contributed by atoms with Crippen molar-refractivity contribution in [3.05, 3.63) is 40.7 Å². The summed E-state index contributed by atoms with van der Waals surface area (Å²) in [7, 11) is 0. The second-order valence-electron chi connectivity index (χ2n) is 5.18. The van der Waals surface area contributed by atoms with Crippen LogP contribution in [-0.4, -0.2) is 65.6 Å². The van der Waals surface area contributed by atoms with Crippen LogP contribution in [0.4, 0.5) is 0 Å². The summed E-state index contributed by atoms with van der Waals surface area (Å²) in [6, 6.07) is 7.17. The monoisotopic (exact) mass is 370 g/mol. The number of aliphatic hydroxyl groups excluding tert-OH is 4. The molecular weight excluding hydrogens is 356 g/mol. The Morgan fingerprint density at radius 3 is 2.54 bits per heavy atom. The van der Waals surface area contributed by atoms with Crippen LogP contribution < -0.4 is 0 Å². The molecule has 0 amide bonds. The van der Waals surface area contributed by atoms with Gasteiger partial charge in [-0.25, -0.2) is 0 Å². The molecule has 0 fully saturated rings. The third kappa shape index (κ3) is 3.32. The van der Waals surface area contributed by atoms with Gasteiger partial charge in [0.1, 0.15) is 18.3 Å². The van der Waals surface area contributed by atoms with Crippen LogP contribution in [0, 0.1) is 0 Å². The Kier molecular flexibility index (Phi) is 5.18. The maximum atomic E-state index is 10.2. The van der Waals surface area contributed by atoms with Gasteiger partial charge in [0, 0.05) is 10.8 Å². The van der Waals surface area contributed by atoms with Crippen molar-refractivity contribution in [2.24, 2.45) is 5.10 Å². The van der Waals surface area contributed by atoms with Crippen LogP contribution in [0.3, 0.4) is 0 Å². The molecule has 8 nitrogen and oxygen atoms in total. The van der Waals surface area contributed by atoms with Gasteiger partial charge in [-0.15, -0.1) is 10.2 Å². The molecule has 3 rings (SSSR count). The number of aromatic nitrogens is 3. The van der Waals surface area contributed by atoms with Crippen molar-refractivity contribution in [2.45, 2.75) is 23.5 Å². The molecule has 10 heteroatoms. The maximum absolute atomic E-state index is 10.2. The van der Waals surface area contributed by atoms with E-state index in [1.807, 2.05) is 12.1 Å². The van der Waals surface area contributed by atoms with Gasteiger partial charge in [-0.1, -0.05) is 35.5 Å². The lowest BCUT2D eigenvalue weighted by molar-refractivity contribution is -0.0813. The first-order valence-corrected chi connectivity index (χ1v) is 8.44. The van der Waals surface area contributed by atoms with Crippen molar-refractivity contribution in [2.75, 3.05) is 12.4 Å². The average Bonchev–Trinajstić information content (AvgIpc) is 3.03. The normalized spacial score (nSPS) is 17.8. The van der Waals surface area contributed by atoms with E-state index in [0.29, 0.717) is 15.9 Å². The van der Waals surface area contributed by atoms with Gasteiger partial charge in [-0.2, -0.15) is 9.78 Å². The Bertz CT molecular complexity index is 752. The fourth-order valence-corrected chi connectivity index (χ4v) is 3.15. The molecular formula is C14H15ClN4O4S. The Labute approximate surface area is 146 Å². The molecule has 1 aliphatic heterocycles. The summed E-state index contributed by atoms with van der Waals surface area (Å²) >= 11 is 7.26. The van der Waals surface area contributed by atoms with Crippen LogP contribution in [0.15, 0.2) is 34.5 Å². The molecule has 4 N–H and O–H groups in total. The molecule has 0 unspecified atom stereocenters. The number of hydrogen-bond acceptors (Lipinski definition) is 8. The van der Waals surface area contributed by atoms with E-state index in [1.165, 1.54) is 16.4 Å². The summed E-state index contributed by atoms with van der Waals surface area (Å²) < 4.78 is 1.33. The zero-order chi connectivity index (χ0) is 17.3. The smallest absolute Gasteiger partial charge is 0.212 e. The maximum Gasteiger partial charge on any atom is 0.212 e. The number of thioether (sulfide) groups is 1. The zero-order valence-corrected chi connectivity index (χ0v) is 13.9. The molecule has 0 radical (unpaired) electrons. The van der Waals surface area contributed by atoms with E-state index in [4.69, 9.17) is 16.7 Å². The van der Waals surface area contributed by atoms with Gasteiger partial charge in [-0.05, 0) is 17.7 Å². The molecule has 2 heterocycles. The molecule has 1 aliphatic rings. The van der Waals surface area contributed by atoms with Crippen LogP contribution in [0.1, 0.15) is 17.5 Å². The van der Waals surface area contributed by atoms with E-state index < -0.39 is 24.9 Å². The molecule has 0 bridgehead atoms. The van der Waals surface area contributed by atoms with Crippen molar-refractivity contribution >= 4 is 29.1 Å². The highest BCUT2D eigenvalue weighted by Crippen LogP contribution is 2.28. The summed E-state index contributed by atoms with van der Waals surface area (Å²) in [5.41, 5.74) is 1.59. The largest absolute Gasteiger partial charge is 0.394 e. The number of benzene rings is 1. The minimum atomic E-state index is -1.61. The van der Waals surface area contributed by atoms with Crippen LogP contribution >= 0.6 is 23.4 Å². The first-order chi connectivity index (χ1) is 11.5. The lowest BCUT2D eigenvalue weighted by Gasteiger charge is -2.21. The molecule has 0 saturated heterocycles. The van der Waals surface area contributed by atoms with Gasteiger partial charge in [0.2, 0.25) is 5.16 Å². The molecule has 0 aliphatic carbocycles. The van der Waals surface area contributed by atoms with Gasteiger partial charge in [0.05, 0.1) is 12.3 Å². The molecule has 0 spiro atoms. The second kappa shape index (κ2) is 7.18. The van der Waals surface area contributed by atoms with Gasteiger partial charge >= 0.3 is 0 Å². The highest BCUT2D eigenvalue weighted by molar-refractivity contribution is 7.99. The van der Waals surface area contributed by atoms with Crippen molar-refractivity contribution in [3.8, 4) is 0 Å². The van der Waals surface area contributed by atoms with E-state index in [2.05, 4.69) is 15.3 Å². The average molecular weight is 371 g/mol. The van der Waals surface area contributed by atoms with Crippen LogP contribution in [0.5, 0.6) is 0 Å². The lowest BCUT2D eigenvalue weighted by atomic mass is 10.1. The fraction of sp³-hybridized carbons (Fsp3) is 0.357. The highest BCUT2D eigenvalue weighted by Gasteiger charge is 2.32. The fourth-order valence-electron chi connectivity index (χ4n) is 2.18. The van der Waals surface area contributed by atoms with E-state index in [9.17, 15) is 15.3 Å². The third-order valence-corrected chi connectivity index (χ3v) is 4.72. The standard InChI is InChI=1S/C14H15ClN4O4S/c15-8-3-1-7(2-4-8)9-6-24-14-17-16-13(19(14)18-9)12(23)11(22)10(21)5-20/h1-4,10-12,20-23H,5-6H2/t10-,11-,12-/m1/s1. The molecule has 2 aromatic rings. The predicted molar refractivity (Wildman–Crippen MR) is 88.2 cm³/mol.